The van der Waals surface area contributed by atoms with Crippen LogP contribution in [0, 0.1) is 0 Å². The van der Waals surface area contributed by atoms with Gasteiger partial charge < -0.3 is 25.4 Å². The fourth-order valence-electron chi connectivity index (χ4n) is 5.02. The van der Waals surface area contributed by atoms with Crippen molar-refractivity contribution < 1.29 is 0 Å². The van der Waals surface area contributed by atoms with E-state index in [1.54, 1.807) is 12.4 Å². The summed E-state index contributed by atoms with van der Waals surface area (Å²) in [7, 11) is 2.16. The SMILES string of the molecule is CN1CCN(c2cncc3[nH]c(-c4n[nH]c5ccc(-c6cncc(N7CC(N)C7)n6)nc45)cc23)CC1. The molecular weight excluding hydrogens is 454 g/mol. The van der Waals surface area contributed by atoms with E-state index in [2.05, 4.69) is 53.0 Å². The maximum Gasteiger partial charge on any atom is 0.147 e. The monoisotopic (exact) mass is 481 g/mol. The minimum absolute atomic E-state index is 0.196. The summed E-state index contributed by atoms with van der Waals surface area (Å²) in [4.78, 5) is 29.0. The summed E-state index contributed by atoms with van der Waals surface area (Å²) in [6.07, 6.45) is 7.34. The molecule has 2 fully saturated rings. The number of aromatic amines is 2. The van der Waals surface area contributed by atoms with Gasteiger partial charge in [0.25, 0.3) is 0 Å². The Kier molecular flexibility index (Phi) is 4.86. The molecular formula is C25H27N11. The summed E-state index contributed by atoms with van der Waals surface area (Å²) in [5.74, 6) is 0.822. The van der Waals surface area contributed by atoms with Gasteiger partial charge in [-0.3, -0.25) is 15.1 Å². The van der Waals surface area contributed by atoms with Crippen molar-refractivity contribution in [2.24, 2.45) is 5.73 Å². The minimum atomic E-state index is 0.196. The van der Waals surface area contributed by atoms with Crippen LogP contribution in [0.2, 0.25) is 0 Å². The Morgan fingerprint density at radius 1 is 0.889 bits per heavy atom. The third-order valence-electron chi connectivity index (χ3n) is 7.15. The molecule has 5 aromatic heterocycles. The van der Waals surface area contributed by atoms with Gasteiger partial charge in [-0.1, -0.05) is 0 Å². The van der Waals surface area contributed by atoms with E-state index < -0.39 is 0 Å². The second kappa shape index (κ2) is 8.25. The normalized spacial score (nSPS) is 17.3. The molecule has 4 N–H and O–H groups in total. The number of pyridine rings is 2. The maximum atomic E-state index is 5.94. The molecule has 11 heteroatoms. The molecule has 0 aromatic carbocycles. The molecule has 0 unspecified atom stereocenters. The first-order chi connectivity index (χ1) is 17.6. The van der Waals surface area contributed by atoms with Crippen molar-refractivity contribution in [1.29, 1.82) is 0 Å². The van der Waals surface area contributed by atoms with Crippen LogP contribution in [0.1, 0.15) is 0 Å². The van der Waals surface area contributed by atoms with E-state index in [0.717, 1.165) is 95.5 Å². The Balaban J connectivity index is 1.26. The third-order valence-corrected chi connectivity index (χ3v) is 7.15. The highest BCUT2D eigenvalue weighted by molar-refractivity contribution is 5.98. The molecule has 2 aliphatic heterocycles. The van der Waals surface area contributed by atoms with Crippen molar-refractivity contribution in [2.75, 3.05) is 56.1 Å². The fourth-order valence-corrected chi connectivity index (χ4v) is 5.02. The first-order valence-electron chi connectivity index (χ1n) is 12.2. The second-order valence-electron chi connectivity index (χ2n) is 9.69. The molecule has 0 spiro atoms. The lowest BCUT2D eigenvalue weighted by Crippen LogP contribution is -2.56. The second-order valence-corrected chi connectivity index (χ2v) is 9.69. The van der Waals surface area contributed by atoms with Crippen molar-refractivity contribution in [3.05, 3.63) is 43.0 Å². The smallest absolute Gasteiger partial charge is 0.147 e. The predicted octanol–water partition coefficient (Wildman–Crippen LogP) is 1.86. The van der Waals surface area contributed by atoms with Crippen LogP contribution >= 0.6 is 0 Å². The van der Waals surface area contributed by atoms with E-state index in [1.165, 1.54) is 0 Å². The Morgan fingerprint density at radius 2 is 1.72 bits per heavy atom. The summed E-state index contributed by atoms with van der Waals surface area (Å²) in [6, 6.07) is 6.28. The Morgan fingerprint density at radius 3 is 2.56 bits per heavy atom. The lowest BCUT2D eigenvalue weighted by atomic mass is 10.1. The number of nitrogens with one attached hydrogen (secondary N) is 2. The Bertz CT molecular complexity index is 1560. The quantitative estimate of drug-likeness (QED) is 0.352. The molecule has 2 saturated heterocycles. The van der Waals surface area contributed by atoms with Crippen molar-refractivity contribution in [3.8, 4) is 22.8 Å². The first kappa shape index (κ1) is 21.2. The number of hydrogen-bond acceptors (Lipinski definition) is 9. The van der Waals surface area contributed by atoms with Gasteiger partial charge in [-0.2, -0.15) is 5.10 Å². The lowest BCUT2D eigenvalue weighted by molar-refractivity contribution is 0.313. The number of likely N-dealkylation sites (N-methyl/N-ethyl adjacent to an activating group) is 1. The van der Waals surface area contributed by atoms with E-state index in [-0.39, 0.29) is 6.04 Å². The van der Waals surface area contributed by atoms with Gasteiger partial charge in [0.2, 0.25) is 0 Å². The van der Waals surface area contributed by atoms with Crippen LogP contribution in [0.15, 0.2) is 43.0 Å². The standard InChI is InChI=1S/C25H27N11/c1-34-4-6-35(7-5-34)22-11-27-9-20-16(22)8-19(29-20)25-24-18(32-33-25)3-2-17(31-24)21-10-28-12-23(30-21)36-13-15(26)14-36/h2-3,8-12,15,29H,4-7,13-14,26H2,1H3,(H,32,33). The van der Waals surface area contributed by atoms with Crippen molar-refractivity contribution >= 4 is 33.4 Å². The third kappa shape index (κ3) is 3.55. The highest BCUT2D eigenvalue weighted by atomic mass is 15.3. The summed E-state index contributed by atoms with van der Waals surface area (Å²) >= 11 is 0. The molecule has 0 radical (unpaired) electrons. The highest BCUT2D eigenvalue weighted by Gasteiger charge is 2.25. The number of H-pyrrole nitrogens is 2. The van der Waals surface area contributed by atoms with Crippen LogP contribution in [0.5, 0.6) is 0 Å². The van der Waals surface area contributed by atoms with Crippen molar-refractivity contribution in [2.45, 2.75) is 6.04 Å². The topological polar surface area (TPSA) is 132 Å². The minimum Gasteiger partial charge on any atom is -0.367 e. The van der Waals surface area contributed by atoms with Crippen molar-refractivity contribution in [1.82, 2.24) is 40.0 Å². The summed E-state index contributed by atoms with van der Waals surface area (Å²) < 4.78 is 0. The number of nitrogens with two attached hydrogens (primary N) is 1. The summed E-state index contributed by atoms with van der Waals surface area (Å²) in [5, 5.41) is 8.87. The van der Waals surface area contributed by atoms with Crippen LogP contribution < -0.4 is 15.5 Å². The zero-order valence-corrected chi connectivity index (χ0v) is 20.0. The molecule has 0 atom stereocenters. The van der Waals surface area contributed by atoms with Gasteiger partial charge in [0.15, 0.2) is 0 Å². The summed E-state index contributed by atoms with van der Waals surface area (Å²) in [6.45, 7) is 5.64. The van der Waals surface area contributed by atoms with Crippen LogP contribution in [0.4, 0.5) is 11.5 Å². The van der Waals surface area contributed by atoms with Crippen LogP contribution in [0.25, 0.3) is 44.7 Å². The van der Waals surface area contributed by atoms with E-state index in [4.69, 9.17) is 15.7 Å². The average molecular weight is 482 g/mol. The largest absolute Gasteiger partial charge is 0.367 e. The molecule has 7 rings (SSSR count). The number of piperazine rings is 1. The molecule has 182 valence electrons. The van der Waals surface area contributed by atoms with E-state index in [9.17, 15) is 0 Å². The van der Waals surface area contributed by atoms with E-state index in [0.29, 0.717) is 0 Å². The average Bonchev–Trinajstić information content (AvgIpc) is 3.51. The number of anilines is 2. The summed E-state index contributed by atoms with van der Waals surface area (Å²) in [5.41, 5.74) is 12.9. The molecule has 7 heterocycles. The van der Waals surface area contributed by atoms with E-state index in [1.807, 2.05) is 24.5 Å². The molecule has 0 aliphatic carbocycles. The van der Waals surface area contributed by atoms with Gasteiger partial charge in [-0.15, -0.1) is 0 Å². The predicted molar refractivity (Wildman–Crippen MR) is 140 cm³/mol. The Labute approximate surface area is 207 Å². The molecule has 0 bridgehead atoms. The molecule has 36 heavy (non-hydrogen) atoms. The molecule has 5 aromatic rings. The van der Waals surface area contributed by atoms with Crippen LogP contribution in [0.3, 0.4) is 0 Å². The first-order valence-corrected chi connectivity index (χ1v) is 12.2. The number of aromatic nitrogens is 7. The van der Waals surface area contributed by atoms with Gasteiger partial charge in [0, 0.05) is 50.7 Å². The zero-order chi connectivity index (χ0) is 24.2. The van der Waals surface area contributed by atoms with E-state index >= 15 is 0 Å². The van der Waals surface area contributed by atoms with Gasteiger partial charge in [-0.05, 0) is 25.2 Å². The maximum absolute atomic E-state index is 5.94. The van der Waals surface area contributed by atoms with Gasteiger partial charge in [-0.25, -0.2) is 9.97 Å². The Hall–Kier alpha value is -4.09. The number of hydrogen-bond donors (Lipinski definition) is 3. The molecule has 11 nitrogen and oxygen atoms in total. The van der Waals surface area contributed by atoms with Crippen molar-refractivity contribution in [3.63, 3.8) is 0 Å². The highest BCUT2D eigenvalue weighted by Crippen LogP contribution is 2.33. The number of nitrogens with zero attached hydrogens (tertiary/aromatic N) is 8. The fraction of sp³-hybridized carbons (Fsp3) is 0.320. The van der Waals surface area contributed by atoms with Crippen LogP contribution in [-0.4, -0.2) is 92.4 Å². The number of rotatable bonds is 4. The van der Waals surface area contributed by atoms with Gasteiger partial charge in [0.1, 0.15) is 22.7 Å². The van der Waals surface area contributed by atoms with Gasteiger partial charge in [0.05, 0.1) is 52.9 Å². The lowest BCUT2D eigenvalue weighted by Gasteiger charge is -2.37. The molecule has 0 saturated carbocycles. The molecule has 0 amide bonds. The number of fused-ring (bicyclic) bond motifs is 2. The molecule has 2 aliphatic rings. The van der Waals surface area contributed by atoms with Gasteiger partial charge >= 0.3 is 0 Å². The zero-order valence-electron chi connectivity index (χ0n) is 20.0. The van der Waals surface area contributed by atoms with Crippen LogP contribution in [-0.2, 0) is 0 Å².